The van der Waals surface area contributed by atoms with E-state index in [1.807, 2.05) is 0 Å². The molecule has 1 aliphatic heterocycles. The first-order chi connectivity index (χ1) is 10.9. The molecule has 0 amide bonds. The molecule has 1 saturated carbocycles. The third-order valence-electron chi connectivity index (χ3n) is 4.95. The van der Waals surface area contributed by atoms with Crippen molar-refractivity contribution in [3.63, 3.8) is 0 Å². The van der Waals surface area contributed by atoms with Crippen LogP contribution < -0.4 is 0 Å². The van der Waals surface area contributed by atoms with Crippen molar-refractivity contribution in [2.45, 2.75) is 47.7 Å². The molecule has 5 nitrogen and oxygen atoms in total. The number of carbonyl (C=O) groups is 1. The Morgan fingerprint density at radius 1 is 1.22 bits per heavy atom. The van der Waals surface area contributed by atoms with E-state index in [-0.39, 0.29) is 18.1 Å². The average molecular weight is 342 g/mol. The van der Waals surface area contributed by atoms with Crippen LogP contribution in [0.3, 0.4) is 0 Å². The second-order valence-electron chi connectivity index (χ2n) is 6.30. The zero-order valence-corrected chi connectivity index (χ0v) is 13.4. The molecule has 7 heteroatoms. The number of carboxylic acids is 1. The molecule has 23 heavy (non-hydrogen) atoms. The highest BCUT2D eigenvalue weighted by Gasteiger charge is 2.42. The van der Waals surface area contributed by atoms with Gasteiger partial charge >= 0.3 is 5.97 Å². The summed E-state index contributed by atoms with van der Waals surface area (Å²) in [5, 5.41) is 8.92. The van der Waals surface area contributed by atoms with Gasteiger partial charge in [-0.1, -0.05) is 25.3 Å². The number of carboxylic acid groups (broad SMARTS) is 1. The van der Waals surface area contributed by atoms with Gasteiger partial charge in [0.25, 0.3) is 0 Å². The topological polar surface area (TPSA) is 80.7 Å². The van der Waals surface area contributed by atoms with Crippen molar-refractivity contribution in [3.8, 4) is 0 Å². The van der Waals surface area contributed by atoms with Crippen LogP contribution in [0.4, 0.5) is 4.39 Å². The molecule has 1 aromatic rings. The number of aliphatic carboxylic acids is 1. The van der Waals surface area contributed by atoms with Gasteiger partial charge in [0.2, 0.25) is 0 Å². The highest BCUT2D eigenvalue weighted by Crippen LogP contribution is 2.40. The van der Waals surface area contributed by atoms with Gasteiger partial charge in [0.05, 0.1) is 18.6 Å². The van der Waals surface area contributed by atoms with Gasteiger partial charge < -0.3 is 9.84 Å². The minimum absolute atomic E-state index is 0.0720. The normalized spacial score (nSPS) is 21.6. The molecule has 2 aliphatic rings. The maximum atomic E-state index is 14.4. The van der Waals surface area contributed by atoms with Crippen LogP contribution in [0.15, 0.2) is 23.1 Å². The highest BCUT2D eigenvalue weighted by molar-refractivity contribution is 7.92. The van der Waals surface area contributed by atoms with Crippen LogP contribution in [0.2, 0.25) is 0 Å². The van der Waals surface area contributed by atoms with Gasteiger partial charge in [0.15, 0.2) is 9.84 Å². The summed E-state index contributed by atoms with van der Waals surface area (Å²) >= 11 is 0. The molecule has 3 rings (SSSR count). The van der Waals surface area contributed by atoms with E-state index in [2.05, 4.69) is 0 Å². The van der Waals surface area contributed by atoms with Gasteiger partial charge in [0, 0.05) is 0 Å². The molecule has 0 bridgehead atoms. The van der Waals surface area contributed by atoms with Crippen LogP contribution in [-0.4, -0.2) is 38.0 Å². The predicted octanol–water partition coefficient (Wildman–Crippen LogP) is 2.28. The smallest absolute Gasteiger partial charge is 0.314 e. The Morgan fingerprint density at radius 2 is 1.87 bits per heavy atom. The van der Waals surface area contributed by atoms with Gasteiger partial charge in [-0.05, 0) is 30.5 Å². The van der Waals surface area contributed by atoms with E-state index in [0.717, 1.165) is 25.3 Å². The number of ether oxygens (including phenoxy) is 1. The molecule has 0 radical (unpaired) electrons. The van der Waals surface area contributed by atoms with Crippen LogP contribution in [-0.2, 0) is 24.8 Å². The van der Waals surface area contributed by atoms with Crippen molar-refractivity contribution in [2.75, 3.05) is 13.2 Å². The Hall–Kier alpha value is -1.47. The number of halogens is 1. The molecule has 126 valence electrons. The first-order valence-corrected chi connectivity index (χ1v) is 9.28. The summed E-state index contributed by atoms with van der Waals surface area (Å²) in [5.74, 6) is -1.85. The van der Waals surface area contributed by atoms with E-state index in [0.29, 0.717) is 18.4 Å². The van der Waals surface area contributed by atoms with E-state index in [9.17, 15) is 22.7 Å². The lowest BCUT2D eigenvalue weighted by atomic mass is 9.69. The van der Waals surface area contributed by atoms with Crippen LogP contribution in [0.1, 0.15) is 37.7 Å². The summed E-state index contributed by atoms with van der Waals surface area (Å²) in [6.45, 7) is 0.144. The number of hydrogen-bond acceptors (Lipinski definition) is 4. The minimum atomic E-state index is -3.77. The van der Waals surface area contributed by atoms with Crippen LogP contribution in [0.5, 0.6) is 0 Å². The van der Waals surface area contributed by atoms with E-state index in [4.69, 9.17) is 4.74 Å². The molecule has 1 heterocycles. The Morgan fingerprint density at radius 3 is 2.35 bits per heavy atom. The largest absolute Gasteiger partial charge is 0.481 e. The van der Waals surface area contributed by atoms with E-state index >= 15 is 0 Å². The van der Waals surface area contributed by atoms with E-state index < -0.39 is 32.3 Å². The molecule has 1 N–H and O–H groups in total. The Bertz CT molecular complexity index is 718. The van der Waals surface area contributed by atoms with E-state index in [1.54, 1.807) is 0 Å². The summed E-state index contributed by atoms with van der Waals surface area (Å²) in [5.41, 5.74) is -0.757. The summed E-state index contributed by atoms with van der Waals surface area (Å²) in [6, 6.07) is 3.75. The lowest BCUT2D eigenvalue weighted by Crippen LogP contribution is -2.41. The fraction of sp³-hybridized carbons (Fsp3) is 0.562. The Labute approximate surface area is 134 Å². The standard InChI is InChI=1S/C16H19FO5S/c17-13-8-11(16(15(18)19)6-2-1-3-7-16)4-5-14(13)23(20,21)12-9-22-10-12/h4-5,8,12H,1-3,6-7,9-10H2,(H,18,19). The third-order valence-corrected chi connectivity index (χ3v) is 7.05. The Kier molecular flexibility index (Phi) is 4.18. The van der Waals surface area contributed by atoms with Crippen molar-refractivity contribution < 1.29 is 27.4 Å². The van der Waals surface area contributed by atoms with Crippen LogP contribution >= 0.6 is 0 Å². The second-order valence-corrected chi connectivity index (χ2v) is 8.49. The molecular formula is C16H19FO5S. The number of sulfone groups is 1. The zero-order chi connectivity index (χ0) is 16.7. The van der Waals surface area contributed by atoms with E-state index in [1.165, 1.54) is 12.1 Å². The van der Waals surface area contributed by atoms with Gasteiger partial charge in [-0.25, -0.2) is 12.8 Å². The highest BCUT2D eigenvalue weighted by atomic mass is 32.2. The van der Waals surface area contributed by atoms with Crippen molar-refractivity contribution in [1.29, 1.82) is 0 Å². The molecule has 1 aromatic carbocycles. The quantitative estimate of drug-likeness (QED) is 0.908. The first kappa shape index (κ1) is 16.4. The maximum absolute atomic E-state index is 14.4. The third kappa shape index (κ3) is 2.65. The predicted molar refractivity (Wildman–Crippen MR) is 80.6 cm³/mol. The summed E-state index contributed by atoms with van der Waals surface area (Å²) in [6.07, 6.45) is 3.40. The SMILES string of the molecule is O=C(O)C1(c2ccc(S(=O)(=O)C3COC3)c(F)c2)CCCCC1. The summed E-state index contributed by atoms with van der Waals surface area (Å²) in [4.78, 5) is 11.4. The second kappa shape index (κ2) is 5.87. The fourth-order valence-corrected chi connectivity index (χ4v) is 4.88. The molecule has 2 fully saturated rings. The molecule has 0 aromatic heterocycles. The number of rotatable bonds is 4. The summed E-state index contributed by atoms with van der Waals surface area (Å²) < 4.78 is 43.9. The maximum Gasteiger partial charge on any atom is 0.314 e. The van der Waals surface area contributed by atoms with Crippen molar-refractivity contribution in [1.82, 2.24) is 0 Å². The number of hydrogen-bond donors (Lipinski definition) is 1. The zero-order valence-electron chi connectivity index (χ0n) is 12.6. The average Bonchev–Trinajstić information content (AvgIpc) is 2.45. The number of benzene rings is 1. The molecular weight excluding hydrogens is 323 g/mol. The van der Waals surface area contributed by atoms with Crippen molar-refractivity contribution in [2.24, 2.45) is 0 Å². The Balaban J connectivity index is 2.00. The van der Waals surface area contributed by atoms with Crippen LogP contribution in [0, 0.1) is 5.82 Å². The fourth-order valence-electron chi connectivity index (χ4n) is 3.38. The van der Waals surface area contributed by atoms with Crippen molar-refractivity contribution >= 4 is 15.8 Å². The molecule has 0 spiro atoms. The molecule has 1 saturated heterocycles. The monoisotopic (exact) mass is 342 g/mol. The van der Waals surface area contributed by atoms with Crippen molar-refractivity contribution in [3.05, 3.63) is 29.6 Å². The van der Waals surface area contributed by atoms with Gasteiger partial charge in [-0.15, -0.1) is 0 Å². The minimum Gasteiger partial charge on any atom is -0.481 e. The van der Waals surface area contributed by atoms with Crippen LogP contribution in [0.25, 0.3) is 0 Å². The van der Waals surface area contributed by atoms with Gasteiger partial charge in [-0.2, -0.15) is 0 Å². The lowest BCUT2D eigenvalue weighted by Gasteiger charge is -2.34. The first-order valence-electron chi connectivity index (χ1n) is 7.73. The van der Waals surface area contributed by atoms with Gasteiger partial charge in [0.1, 0.15) is 16.0 Å². The van der Waals surface area contributed by atoms with Gasteiger partial charge in [-0.3, -0.25) is 4.79 Å². The summed E-state index contributed by atoms with van der Waals surface area (Å²) in [7, 11) is -3.77. The lowest BCUT2D eigenvalue weighted by molar-refractivity contribution is -0.145. The molecule has 0 atom stereocenters. The molecule has 1 aliphatic carbocycles. The molecule has 0 unspecified atom stereocenters.